The van der Waals surface area contributed by atoms with Crippen LogP contribution in [0.1, 0.15) is 18.7 Å². The van der Waals surface area contributed by atoms with Crippen LogP contribution in [-0.4, -0.2) is 46.5 Å². The lowest BCUT2D eigenvalue weighted by Crippen LogP contribution is -2.42. The maximum absolute atomic E-state index is 12.3. The summed E-state index contributed by atoms with van der Waals surface area (Å²) in [4.78, 5) is 29.9. The molecule has 0 atom stereocenters. The van der Waals surface area contributed by atoms with Crippen molar-refractivity contribution in [3.05, 3.63) is 47.8 Å². The van der Waals surface area contributed by atoms with Gasteiger partial charge in [0.05, 0.1) is 0 Å². The van der Waals surface area contributed by atoms with E-state index in [0.717, 1.165) is 5.56 Å². The van der Waals surface area contributed by atoms with Gasteiger partial charge in [0.1, 0.15) is 0 Å². The molecule has 7 nitrogen and oxygen atoms in total. The Bertz CT molecular complexity index is 811. The second-order valence-corrected chi connectivity index (χ2v) is 6.80. The van der Waals surface area contributed by atoms with Gasteiger partial charge in [-0.15, -0.1) is 0 Å². The zero-order valence-electron chi connectivity index (χ0n) is 14.9. The van der Waals surface area contributed by atoms with E-state index in [2.05, 4.69) is 22.0 Å². The number of rotatable bonds is 6. The normalized spacial score (nSPS) is 14.8. The zero-order chi connectivity index (χ0) is 19.2. The van der Waals surface area contributed by atoms with Gasteiger partial charge in [-0.2, -0.15) is 4.98 Å². The number of carbonyl (C=O) groups is 2. The first-order chi connectivity index (χ1) is 13.1. The van der Waals surface area contributed by atoms with E-state index in [9.17, 15) is 9.59 Å². The van der Waals surface area contributed by atoms with Crippen LogP contribution in [0.15, 0.2) is 41.4 Å². The molecule has 1 saturated heterocycles. The van der Waals surface area contributed by atoms with Crippen molar-refractivity contribution in [1.82, 2.24) is 20.4 Å². The molecule has 3 rings (SSSR count). The van der Waals surface area contributed by atoms with Crippen LogP contribution in [-0.2, 0) is 16.0 Å². The minimum Gasteiger partial charge on any atom is -0.355 e. The molecule has 2 amide bonds. The number of benzene rings is 1. The Labute approximate surface area is 162 Å². The minimum absolute atomic E-state index is 0.00172. The summed E-state index contributed by atoms with van der Waals surface area (Å²) in [7, 11) is 0. The number of nitrogens with zero attached hydrogens (tertiary/aromatic N) is 3. The van der Waals surface area contributed by atoms with Gasteiger partial charge in [-0.3, -0.25) is 9.59 Å². The highest BCUT2D eigenvalue weighted by Crippen LogP contribution is 2.19. The Morgan fingerprint density at radius 1 is 1.30 bits per heavy atom. The summed E-state index contributed by atoms with van der Waals surface area (Å²) in [6.07, 6.45) is 3.09. The molecule has 1 fully saturated rings. The van der Waals surface area contributed by atoms with Crippen LogP contribution in [0, 0.1) is 5.92 Å². The van der Waals surface area contributed by atoms with Gasteiger partial charge in [0.25, 0.3) is 0 Å². The van der Waals surface area contributed by atoms with Crippen molar-refractivity contribution in [2.45, 2.75) is 19.3 Å². The van der Waals surface area contributed by atoms with Gasteiger partial charge < -0.3 is 14.7 Å². The standard InChI is InChI=1S/C19H21ClN4O3/c1-2-17(25)24-11-8-14(9-12-24)19(26)21-10-7-16-22-18(23-27-16)13-3-5-15(20)6-4-13/h2-6,14H,1,7-12H2,(H,21,26). The fourth-order valence-electron chi connectivity index (χ4n) is 3.00. The highest BCUT2D eigenvalue weighted by atomic mass is 35.5. The molecule has 1 aliphatic heterocycles. The zero-order valence-corrected chi connectivity index (χ0v) is 15.6. The molecule has 0 spiro atoms. The maximum atomic E-state index is 12.3. The smallest absolute Gasteiger partial charge is 0.245 e. The number of aromatic nitrogens is 2. The largest absolute Gasteiger partial charge is 0.355 e. The highest BCUT2D eigenvalue weighted by molar-refractivity contribution is 6.30. The predicted octanol–water partition coefficient (Wildman–Crippen LogP) is 2.47. The van der Waals surface area contributed by atoms with Crippen LogP contribution in [0.2, 0.25) is 5.02 Å². The Kier molecular flexibility index (Phi) is 6.24. The monoisotopic (exact) mass is 388 g/mol. The first-order valence-corrected chi connectivity index (χ1v) is 9.22. The number of likely N-dealkylation sites (tertiary alicyclic amines) is 1. The van der Waals surface area contributed by atoms with Gasteiger partial charge in [-0.05, 0) is 43.2 Å². The second-order valence-electron chi connectivity index (χ2n) is 6.36. The summed E-state index contributed by atoms with van der Waals surface area (Å²) in [6.45, 7) is 5.07. The number of nitrogens with one attached hydrogen (secondary N) is 1. The predicted molar refractivity (Wildman–Crippen MR) is 101 cm³/mol. The highest BCUT2D eigenvalue weighted by Gasteiger charge is 2.26. The fourth-order valence-corrected chi connectivity index (χ4v) is 3.13. The number of hydrogen-bond donors (Lipinski definition) is 1. The lowest BCUT2D eigenvalue weighted by atomic mass is 9.96. The first-order valence-electron chi connectivity index (χ1n) is 8.84. The molecule has 0 saturated carbocycles. The molecule has 2 heterocycles. The van der Waals surface area contributed by atoms with Gasteiger partial charge in [-0.1, -0.05) is 23.3 Å². The van der Waals surface area contributed by atoms with Crippen molar-refractivity contribution < 1.29 is 14.1 Å². The molecule has 0 aliphatic carbocycles. The third kappa shape index (κ3) is 4.95. The number of amides is 2. The molecule has 142 valence electrons. The van der Waals surface area contributed by atoms with Gasteiger partial charge in [0.15, 0.2) is 0 Å². The van der Waals surface area contributed by atoms with E-state index < -0.39 is 0 Å². The first kappa shape index (κ1) is 19.1. The number of carbonyl (C=O) groups excluding carboxylic acids is 2. The topological polar surface area (TPSA) is 88.3 Å². The SMILES string of the molecule is C=CC(=O)N1CCC(C(=O)NCCc2nc(-c3ccc(Cl)cc3)no2)CC1. The summed E-state index contributed by atoms with van der Waals surface area (Å²) in [6, 6.07) is 7.17. The summed E-state index contributed by atoms with van der Waals surface area (Å²) < 4.78 is 5.23. The van der Waals surface area contributed by atoms with E-state index in [-0.39, 0.29) is 17.7 Å². The van der Waals surface area contributed by atoms with E-state index in [1.807, 2.05) is 12.1 Å². The molecule has 27 heavy (non-hydrogen) atoms. The van der Waals surface area contributed by atoms with Crippen molar-refractivity contribution in [1.29, 1.82) is 0 Å². The van der Waals surface area contributed by atoms with Gasteiger partial charge in [0, 0.05) is 42.6 Å². The van der Waals surface area contributed by atoms with E-state index in [1.165, 1.54) is 6.08 Å². The summed E-state index contributed by atoms with van der Waals surface area (Å²) in [5.74, 6) is 0.796. The summed E-state index contributed by atoms with van der Waals surface area (Å²) in [5, 5.41) is 7.50. The Balaban J connectivity index is 1.44. The molecule has 0 bridgehead atoms. The molecule has 1 aliphatic rings. The van der Waals surface area contributed by atoms with Crippen LogP contribution in [0.5, 0.6) is 0 Å². The molecule has 2 aromatic rings. The van der Waals surface area contributed by atoms with Gasteiger partial charge in [0.2, 0.25) is 23.5 Å². The van der Waals surface area contributed by atoms with Crippen molar-refractivity contribution >= 4 is 23.4 Å². The molecular weight excluding hydrogens is 368 g/mol. The van der Waals surface area contributed by atoms with Crippen LogP contribution >= 0.6 is 11.6 Å². The van der Waals surface area contributed by atoms with Gasteiger partial charge in [-0.25, -0.2) is 0 Å². The number of hydrogen-bond acceptors (Lipinski definition) is 5. The summed E-state index contributed by atoms with van der Waals surface area (Å²) >= 11 is 5.87. The molecular formula is C19H21ClN4O3. The van der Waals surface area contributed by atoms with E-state index in [4.69, 9.17) is 16.1 Å². The molecule has 8 heteroatoms. The molecule has 0 unspecified atom stereocenters. The second kappa shape index (κ2) is 8.81. The lowest BCUT2D eigenvalue weighted by Gasteiger charge is -2.30. The third-order valence-corrected chi connectivity index (χ3v) is 4.81. The summed E-state index contributed by atoms with van der Waals surface area (Å²) in [5.41, 5.74) is 0.819. The van der Waals surface area contributed by atoms with Gasteiger partial charge >= 0.3 is 0 Å². The van der Waals surface area contributed by atoms with Crippen LogP contribution < -0.4 is 5.32 Å². The quantitative estimate of drug-likeness (QED) is 0.768. The van der Waals surface area contributed by atoms with E-state index in [1.54, 1.807) is 17.0 Å². The number of piperidine rings is 1. The maximum Gasteiger partial charge on any atom is 0.245 e. The van der Waals surface area contributed by atoms with Crippen molar-refractivity contribution in [3.8, 4) is 11.4 Å². The van der Waals surface area contributed by atoms with E-state index >= 15 is 0 Å². The van der Waals surface area contributed by atoms with Crippen LogP contribution in [0.25, 0.3) is 11.4 Å². The van der Waals surface area contributed by atoms with Crippen molar-refractivity contribution in [3.63, 3.8) is 0 Å². The lowest BCUT2D eigenvalue weighted by molar-refractivity contribution is -0.132. The molecule has 1 aromatic heterocycles. The van der Waals surface area contributed by atoms with Crippen LogP contribution in [0.3, 0.4) is 0 Å². The number of halogens is 1. The molecule has 1 aromatic carbocycles. The third-order valence-electron chi connectivity index (χ3n) is 4.56. The van der Waals surface area contributed by atoms with Crippen molar-refractivity contribution in [2.24, 2.45) is 5.92 Å². The van der Waals surface area contributed by atoms with Crippen molar-refractivity contribution in [2.75, 3.05) is 19.6 Å². The average Bonchev–Trinajstić information content (AvgIpc) is 3.17. The van der Waals surface area contributed by atoms with E-state index in [0.29, 0.717) is 55.6 Å². The molecule has 1 N–H and O–H groups in total. The minimum atomic E-state index is -0.0817. The average molecular weight is 389 g/mol. The molecule has 0 radical (unpaired) electrons. The fraction of sp³-hybridized carbons (Fsp3) is 0.368. The van der Waals surface area contributed by atoms with Crippen LogP contribution in [0.4, 0.5) is 0 Å². The Morgan fingerprint density at radius 3 is 2.67 bits per heavy atom. The Morgan fingerprint density at radius 2 is 2.00 bits per heavy atom. The Hall–Kier alpha value is -2.67.